The molecular weight excluding hydrogens is 441 g/mol. The molecule has 33 heavy (non-hydrogen) atoms. The van der Waals surface area contributed by atoms with Crippen LogP contribution in [0.3, 0.4) is 0 Å². The Morgan fingerprint density at radius 3 is 2.85 bits per heavy atom. The molecule has 3 aliphatic heterocycles. The summed E-state index contributed by atoms with van der Waals surface area (Å²) in [5.41, 5.74) is 5.62. The minimum Gasteiger partial charge on any atom is -0.388 e. The molecule has 8 heteroatoms. The summed E-state index contributed by atoms with van der Waals surface area (Å²) < 4.78 is 19.5. The maximum absolute atomic E-state index is 13.9. The topological polar surface area (TPSA) is 69.4 Å². The second-order valence-corrected chi connectivity index (χ2v) is 10.4. The first-order valence-electron chi connectivity index (χ1n) is 12.5. The molecular formula is C25H37ClFN5O. The Morgan fingerprint density at radius 1 is 1.15 bits per heavy atom. The third-order valence-electron chi connectivity index (χ3n) is 7.81. The minimum atomic E-state index is -0.147. The molecule has 0 bridgehead atoms. The number of rotatable bonds is 5. The van der Waals surface area contributed by atoms with Crippen molar-refractivity contribution in [3.63, 3.8) is 0 Å². The first-order chi connectivity index (χ1) is 16.1. The molecule has 6 nitrogen and oxygen atoms in total. The molecule has 0 saturated heterocycles. The number of halogens is 2. The zero-order valence-corrected chi connectivity index (χ0v) is 20.2. The lowest BCUT2D eigenvalue weighted by atomic mass is 9.78. The van der Waals surface area contributed by atoms with Crippen molar-refractivity contribution in [1.29, 1.82) is 0 Å². The number of nitrogens with one attached hydrogen (secondary N) is 5. The molecule has 0 amide bonds. The molecule has 2 aliphatic carbocycles. The average molecular weight is 478 g/mol. The Morgan fingerprint density at radius 2 is 2.06 bits per heavy atom. The molecule has 5 aliphatic rings. The molecule has 0 unspecified atom stereocenters. The van der Waals surface area contributed by atoms with Crippen LogP contribution in [-0.4, -0.2) is 51.2 Å². The Bertz CT molecular complexity index is 869. The molecule has 3 heterocycles. The summed E-state index contributed by atoms with van der Waals surface area (Å²) in [5.74, 6) is 0.368. The number of hydrogen-bond acceptors (Lipinski definition) is 6. The van der Waals surface area contributed by atoms with Gasteiger partial charge in [0.25, 0.3) is 0 Å². The van der Waals surface area contributed by atoms with Gasteiger partial charge in [0.05, 0.1) is 17.3 Å². The van der Waals surface area contributed by atoms with Gasteiger partial charge in [0.2, 0.25) is 0 Å². The zero-order chi connectivity index (χ0) is 22.8. The lowest BCUT2D eigenvalue weighted by Crippen LogP contribution is -2.62. The molecule has 0 aromatic carbocycles. The Balaban J connectivity index is 1.35. The average Bonchev–Trinajstić information content (AvgIpc) is 2.86. The lowest BCUT2D eigenvalue weighted by molar-refractivity contribution is 0.0971. The molecule has 5 N–H and O–H groups in total. The minimum absolute atomic E-state index is 0.0582. The Hall–Kier alpha value is -1.38. The van der Waals surface area contributed by atoms with E-state index in [-0.39, 0.29) is 30.3 Å². The quantitative estimate of drug-likeness (QED) is 0.392. The second kappa shape index (κ2) is 10.5. The third-order valence-corrected chi connectivity index (χ3v) is 8.17. The third kappa shape index (κ3) is 5.33. The van der Waals surface area contributed by atoms with E-state index in [9.17, 15) is 4.39 Å². The Labute approximate surface area is 201 Å². The molecule has 5 rings (SSSR count). The SMILES string of the molecule is CO[C@H]1CNC=C([C@@H]2CCC3=C(C2)[C@@H](N[C@H]2CCC(F)=C(Cl)C2)N[C@@H](C2=CCCNC2)N3)C1. The lowest BCUT2D eigenvalue weighted by Gasteiger charge is -2.44. The van der Waals surface area contributed by atoms with E-state index in [0.717, 1.165) is 58.2 Å². The van der Waals surface area contributed by atoms with Gasteiger partial charge in [-0.25, -0.2) is 4.39 Å². The van der Waals surface area contributed by atoms with Gasteiger partial charge in [-0.1, -0.05) is 17.7 Å². The van der Waals surface area contributed by atoms with E-state index in [2.05, 4.69) is 38.9 Å². The zero-order valence-electron chi connectivity index (χ0n) is 19.5. The monoisotopic (exact) mass is 477 g/mol. The van der Waals surface area contributed by atoms with Crippen molar-refractivity contribution in [3.05, 3.63) is 45.6 Å². The van der Waals surface area contributed by atoms with Gasteiger partial charge in [-0.15, -0.1) is 0 Å². The molecule has 0 aromatic rings. The van der Waals surface area contributed by atoms with Crippen LogP contribution in [0.15, 0.2) is 45.6 Å². The van der Waals surface area contributed by atoms with Gasteiger partial charge in [-0.05, 0) is 73.9 Å². The van der Waals surface area contributed by atoms with Crippen LogP contribution >= 0.6 is 11.6 Å². The normalized spacial score (nSPS) is 35.3. The standard InChI is InChI=1S/C25H37ClFN5O/c1-33-19-9-17(13-29-14-19)15-4-7-23-20(10-15)25(30-18-5-6-22(27)21(26)11-18)32-24(31-23)16-3-2-8-28-12-16/h3,13,15,18-19,24-25,28-32H,2,4-12,14H2,1H3/t15-,18+,19-,24+,25+/m1/s1. The van der Waals surface area contributed by atoms with E-state index >= 15 is 0 Å². The molecule has 0 fully saturated rings. The van der Waals surface area contributed by atoms with Crippen molar-refractivity contribution in [2.75, 3.05) is 26.7 Å². The van der Waals surface area contributed by atoms with Crippen molar-refractivity contribution in [2.24, 2.45) is 5.92 Å². The highest BCUT2D eigenvalue weighted by Gasteiger charge is 2.37. The summed E-state index contributed by atoms with van der Waals surface area (Å²) in [6.07, 6.45) is 12.0. The first kappa shape index (κ1) is 23.4. The molecule has 0 spiro atoms. The highest BCUT2D eigenvalue weighted by molar-refractivity contribution is 6.29. The summed E-state index contributed by atoms with van der Waals surface area (Å²) in [5, 5.41) is 18.8. The predicted molar refractivity (Wildman–Crippen MR) is 130 cm³/mol. The van der Waals surface area contributed by atoms with Gasteiger partial charge in [0.15, 0.2) is 0 Å². The maximum Gasteiger partial charge on any atom is 0.114 e. The predicted octanol–water partition coefficient (Wildman–Crippen LogP) is 3.26. The van der Waals surface area contributed by atoms with Crippen molar-refractivity contribution < 1.29 is 9.13 Å². The highest BCUT2D eigenvalue weighted by atomic mass is 35.5. The van der Waals surface area contributed by atoms with Gasteiger partial charge in [-0.3, -0.25) is 10.6 Å². The van der Waals surface area contributed by atoms with E-state index < -0.39 is 0 Å². The van der Waals surface area contributed by atoms with Crippen LogP contribution < -0.4 is 26.6 Å². The second-order valence-electron chi connectivity index (χ2n) is 9.97. The largest absolute Gasteiger partial charge is 0.388 e. The van der Waals surface area contributed by atoms with Crippen LogP contribution in [0.4, 0.5) is 4.39 Å². The van der Waals surface area contributed by atoms with Crippen LogP contribution in [0.25, 0.3) is 0 Å². The highest BCUT2D eigenvalue weighted by Crippen LogP contribution is 2.39. The van der Waals surface area contributed by atoms with Gasteiger partial charge in [-0.2, -0.15) is 0 Å². The van der Waals surface area contributed by atoms with E-state index in [0.29, 0.717) is 23.8 Å². The van der Waals surface area contributed by atoms with E-state index in [4.69, 9.17) is 16.3 Å². The van der Waals surface area contributed by atoms with E-state index in [1.165, 1.54) is 22.4 Å². The fourth-order valence-electron chi connectivity index (χ4n) is 5.87. The number of ether oxygens (including phenoxy) is 1. The summed E-state index contributed by atoms with van der Waals surface area (Å²) >= 11 is 6.20. The maximum atomic E-state index is 13.9. The summed E-state index contributed by atoms with van der Waals surface area (Å²) in [4.78, 5) is 0. The molecule has 0 aromatic heterocycles. The summed E-state index contributed by atoms with van der Waals surface area (Å²) in [7, 11) is 1.80. The van der Waals surface area contributed by atoms with Gasteiger partial charge in [0.1, 0.15) is 12.0 Å². The molecule has 0 radical (unpaired) electrons. The van der Waals surface area contributed by atoms with Crippen LogP contribution in [0.2, 0.25) is 0 Å². The van der Waals surface area contributed by atoms with Crippen LogP contribution in [0.1, 0.15) is 51.4 Å². The fourth-order valence-corrected chi connectivity index (χ4v) is 6.15. The molecule has 182 valence electrons. The van der Waals surface area contributed by atoms with Crippen LogP contribution in [0, 0.1) is 5.92 Å². The Kier molecular flexibility index (Phi) is 7.42. The first-order valence-corrected chi connectivity index (χ1v) is 12.9. The fraction of sp³-hybridized carbons (Fsp3) is 0.680. The van der Waals surface area contributed by atoms with Gasteiger partial charge < -0.3 is 20.7 Å². The van der Waals surface area contributed by atoms with Gasteiger partial charge >= 0.3 is 0 Å². The molecule has 0 saturated carbocycles. The van der Waals surface area contributed by atoms with E-state index in [1.54, 1.807) is 7.11 Å². The molecule has 5 atom stereocenters. The van der Waals surface area contributed by atoms with Crippen LogP contribution in [0.5, 0.6) is 0 Å². The van der Waals surface area contributed by atoms with Crippen molar-refractivity contribution in [3.8, 4) is 0 Å². The van der Waals surface area contributed by atoms with Crippen molar-refractivity contribution in [2.45, 2.75) is 75.8 Å². The van der Waals surface area contributed by atoms with Crippen molar-refractivity contribution >= 4 is 11.6 Å². The van der Waals surface area contributed by atoms with Crippen LogP contribution in [-0.2, 0) is 4.74 Å². The number of allylic oxidation sites excluding steroid dienone is 2. The van der Waals surface area contributed by atoms with Gasteiger partial charge in [0, 0.05) is 44.8 Å². The summed E-state index contributed by atoms with van der Waals surface area (Å²) in [6.45, 7) is 2.83. The smallest absolute Gasteiger partial charge is 0.114 e. The summed E-state index contributed by atoms with van der Waals surface area (Å²) in [6, 6.07) is 0.175. The van der Waals surface area contributed by atoms with Crippen molar-refractivity contribution in [1.82, 2.24) is 26.6 Å². The van der Waals surface area contributed by atoms with E-state index in [1.807, 2.05) is 0 Å². The number of methoxy groups -OCH3 is 1. The number of hydrogen-bond donors (Lipinski definition) is 5.